The Morgan fingerprint density at radius 2 is 1.68 bits per heavy atom. The largest absolute Gasteiger partial charge is 0.507 e. The SMILES string of the molecule is CC(C)Oc1ccc(-c2coc3cc(OC(=O)c4ccccc4)cc(O)c3c2=O)cc1. The summed E-state index contributed by atoms with van der Waals surface area (Å²) in [6.07, 6.45) is 1.37. The number of phenols is 1. The molecular weight excluding hydrogens is 396 g/mol. The van der Waals surface area contributed by atoms with Gasteiger partial charge >= 0.3 is 5.97 Å². The smallest absolute Gasteiger partial charge is 0.343 e. The molecule has 0 fully saturated rings. The highest BCUT2D eigenvalue weighted by atomic mass is 16.5. The number of phenolic OH excluding ortho intramolecular Hbond substituents is 1. The van der Waals surface area contributed by atoms with Crippen molar-refractivity contribution in [1.29, 1.82) is 0 Å². The summed E-state index contributed by atoms with van der Waals surface area (Å²) in [5.41, 5.74) is 1.02. The molecule has 0 saturated carbocycles. The highest BCUT2D eigenvalue weighted by Gasteiger charge is 2.16. The van der Waals surface area contributed by atoms with Gasteiger partial charge in [-0.1, -0.05) is 30.3 Å². The Labute approximate surface area is 178 Å². The molecule has 0 unspecified atom stereocenters. The van der Waals surface area contributed by atoms with E-state index in [-0.39, 0.29) is 28.6 Å². The van der Waals surface area contributed by atoms with Gasteiger partial charge in [0.25, 0.3) is 0 Å². The number of hydrogen-bond donors (Lipinski definition) is 1. The number of fused-ring (bicyclic) bond motifs is 1. The number of esters is 1. The Bertz CT molecular complexity index is 1290. The first kappa shape index (κ1) is 20.2. The first-order valence-corrected chi connectivity index (χ1v) is 9.75. The minimum Gasteiger partial charge on any atom is -0.507 e. The Morgan fingerprint density at radius 1 is 0.968 bits per heavy atom. The normalized spacial score (nSPS) is 10.9. The van der Waals surface area contributed by atoms with Crippen LogP contribution in [0, 0.1) is 0 Å². The van der Waals surface area contributed by atoms with Crippen molar-refractivity contribution in [2.45, 2.75) is 20.0 Å². The van der Waals surface area contributed by atoms with Crippen LogP contribution in [0.15, 0.2) is 82.2 Å². The van der Waals surface area contributed by atoms with Crippen molar-refractivity contribution in [3.63, 3.8) is 0 Å². The molecule has 0 bridgehead atoms. The fraction of sp³-hybridized carbons (Fsp3) is 0.120. The number of carbonyl (C=O) groups excluding carboxylic acids is 1. The van der Waals surface area contributed by atoms with Crippen LogP contribution < -0.4 is 14.9 Å². The highest BCUT2D eigenvalue weighted by molar-refractivity contribution is 5.93. The van der Waals surface area contributed by atoms with Crippen LogP contribution in [0.1, 0.15) is 24.2 Å². The number of ether oxygens (including phenoxy) is 2. The summed E-state index contributed by atoms with van der Waals surface area (Å²) in [6.45, 7) is 3.86. The average Bonchev–Trinajstić information content (AvgIpc) is 2.74. The van der Waals surface area contributed by atoms with Crippen molar-refractivity contribution in [1.82, 2.24) is 0 Å². The minimum absolute atomic E-state index is 0.0134. The topological polar surface area (TPSA) is 86.0 Å². The van der Waals surface area contributed by atoms with E-state index in [1.807, 2.05) is 13.8 Å². The van der Waals surface area contributed by atoms with Gasteiger partial charge in [-0.15, -0.1) is 0 Å². The Balaban J connectivity index is 1.67. The van der Waals surface area contributed by atoms with E-state index < -0.39 is 11.4 Å². The Morgan fingerprint density at radius 3 is 2.35 bits per heavy atom. The molecule has 0 aliphatic heterocycles. The minimum atomic E-state index is -0.581. The molecule has 6 nitrogen and oxygen atoms in total. The fourth-order valence-electron chi connectivity index (χ4n) is 3.19. The van der Waals surface area contributed by atoms with Crippen LogP contribution in [0.25, 0.3) is 22.1 Å². The number of rotatable bonds is 5. The second-order valence-corrected chi connectivity index (χ2v) is 7.24. The maximum atomic E-state index is 13.0. The molecule has 1 N–H and O–H groups in total. The van der Waals surface area contributed by atoms with Crippen molar-refractivity contribution in [3.05, 3.63) is 88.8 Å². The lowest BCUT2D eigenvalue weighted by Gasteiger charge is -2.10. The molecule has 0 aliphatic carbocycles. The number of benzene rings is 3. The summed E-state index contributed by atoms with van der Waals surface area (Å²) in [7, 11) is 0. The van der Waals surface area contributed by atoms with Crippen LogP contribution in [0.2, 0.25) is 0 Å². The third-order valence-corrected chi connectivity index (χ3v) is 4.59. The van der Waals surface area contributed by atoms with Crippen molar-refractivity contribution in [2.24, 2.45) is 0 Å². The summed E-state index contributed by atoms with van der Waals surface area (Å²) >= 11 is 0. The summed E-state index contributed by atoms with van der Waals surface area (Å²) in [4.78, 5) is 25.3. The molecule has 1 aromatic heterocycles. The number of aromatic hydroxyl groups is 1. The van der Waals surface area contributed by atoms with Gasteiger partial charge in [-0.05, 0) is 43.7 Å². The summed E-state index contributed by atoms with van der Waals surface area (Å²) in [6, 6.07) is 18.1. The fourth-order valence-corrected chi connectivity index (χ4v) is 3.19. The van der Waals surface area contributed by atoms with E-state index in [1.54, 1.807) is 54.6 Å². The van der Waals surface area contributed by atoms with Gasteiger partial charge in [-0.2, -0.15) is 0 Å². The van der Waals surface area contributed by atoms with Crippen LogP contribution >= 0.6 is 0 Å². The maximum Gasteiger partial charge on any atom is 0.343 e. The molecule has 0 saturated heterocycles. The molecule has 0 amide bonds. The lowest BCUT2D eigenvalue weighted by molar-refractivity contribution is 0.0734. The van der Waals surface area contributed by atoms with Crippen LogP contribution in [0.4, 0.5) is 0 Å². The van der Waals surface area contributed by atoms with E-state index in [9.17, 15) is 14.7 Å². The van der Waals surface area contributed by atoms with Crippen LogP contribution in [0.3, 0.4) is 0 Å². The predicted octanol–water partition coefficient (Wildman–Crippen LogP) is 5.17. The van der Waals surface area contributed by atoms with Crippen LogP contribution in [-0.4, -0.2) is 17.2 Å². The summed E-state index contributed by atoms with van der Waals surface area (Å²) < 4.78 is 16.5. The molecule has 1 heterocycles. The molecule has 0 aliphatic rings. The van der Waals surface area contributed by atoms with Gasteiger partial charge in [-0.25, -0.2) is 4.79 Å². The molecular formula is C25H20O6. The van der Waals surface area contributed by atoms with Crippen molar-refractivity contribution >= 4 is 16.9 Å². The van der Waals surface area contributed by atoms with Gasteiger partial charge in [0, 0.05) is 12.1 Å². The van der Waals surface area contributed by atoms with E-state index in [1.165, 1.54) is 18.4 Å². The lowest BCUT2D eigenvalue weighted by Crippen LogP contribution is -2.09. The number of hydrogen-bond acceptors (Lipinski definition) is 6. The maximum absolute atomic E-state index is 13.0. The zero-order chi connectivity index (χ0) is 22.0. The molecule has 4 rings (SSSR count). The monoisotopic (exact) mass is 416 g/mol. The van der Waals surface area contributed by atoms with Crippen molar-refractivity contribution < 1.29 is 23.8 Å². The third kappa shape index (κ3) is 4.28. The lowest BCUT2D eigenvalue weighted by atomic mass is 10.0. The molecule has 0 radical (unpaired) electrons. The van der Waals surface area contributed by atoms with Crippen molar-refractivity contribution in [3.8, 4) is 28.4 Å². The van der Waals surface area contributed by atoms with Gasteiger partial charge in [0.2, 0.25) is 5.43 Å². The van der Waals surface area contributed by atoms with Gasteiger partial charge < -0.3 is 19.0 Å². The van der Waals surface area contributed by atoms with Crippen molar-refractivity contribution in [2.75, 3.05) is 0 Å². The van der Waals surface area contributed by atoms with E-state index in [0.29, 0.717) is 22.4 Å². The van der Waals surface area contributed by atoms with Gasteiger partial charge in [0.05, 0.1) is 17.2 Å². The molecule has 0 spiro atoms. The number of carbonyl (C=O) groups is 1. The molecule has 156 valence electrons. The van der Waals surface area contributed by atoms with Gasteiger partial charge in [-0.3, -0.25) is 4.79 Å². The van der Waals surface area contributed by atoms with E-state index >= 15 is 0 Å². The zero-order valence-corrected chi connectivity index (χ0v) is 17.0. The molecule has 6 heteroatoms. The van der Waals surface area contributed by atoms with Crippen LogP contribution in [-0.2, 0) is 0 Å². The van der Waals surface area contributed by atoms with E-state index in [4.69, 9.17) is 13.9 Å². The standard InChI is InChI=1S/C25H20O6/c1-15(2)30-18-10-8-16(9-11-18)20-14-29-22-13-19(12-21(26)23(22)24(20)27)31-25(28)17-6-4-3-5-7-17/h3-15,26H,1-2H3. The second-order valence-electron chi connectivity index (χ2n) is 7.24. The molecule has 0 atom stereocenters. The van der Waals surface area contributed by atoms with Crippen LogP contribution in [0.5, 0.6) is 17.2 Å². The zero-order valence-electron chi connectivity index (χ0n) is 17.0. The highest BCUT2D eigenvalue weighted by Crippen LogP contribution is 2.31. The summed E-state index contributed by atoms with van der Waals surface area (Å²) in [5, 5.41) is 10.5. The quantitative estimate of drug-likeness (QED) is 0.357. The molecule has 4 aromatic rings. The Kier molecular flexibility index (Phi) is 5.45. The molecule has 3 aromatic carbocycles. The third-order valence-electron chi connectivity index (χ3n) is 4.59. The predicted molar refractivity (Wildman–Crippen MR) is 117 cm³/mol. The van der Waals surface area contributed by atoms with Gasteiger partial charge in [0.1, 0.15) is 34.5 Å². The van der Waals surface area contributed by atoms with Gasteiger partial charge in [0.15, 0.2) is 0 Å². The second kappa shape index (κ2) is 8.36. The van der Waals surface area contributed by atoms with E-state index in [0.717, 1.165) is 0 Å². The first-order valence-electron chi connectivity index (χ1n) is 9.75. The molecule has 31 heavy (non-hydrogen) atoms. The Hall–Kier alpha value is -4.06. The summed E-state index contributed by atoms with van der Waals surface area (Å²) in [5.74, 6) is -0.146. The van der Waals surface area contributed by atoms with E-state index in [2.05, 4.69) is 0 Å². The first-order chi connectivity index (χ1) is 14.9. The average molecular weight is 416 g/mol.